The van der Waals surface area contributed by atoms with Crippen LogP contribution in [0.4, 0.5) is 11.8 Å². The fourth-order valence-electron chi connectivity index (χ4n) is 2.43. The van der Waals surface area contributed by atoms with Crippen molar-refractivity contribution in [1.82, 2.24) is 15.0 Å². The van der Waals surface area contributed by atoms with Crippen molar-refractivity contribution in [2.45, 2.75) is 26.9 Å². The summed E-state index contributed by atoms with van der Waals surface area (Å²) in [6.07, 6.45) is 1.79. The molecule has 1 aromatic carbocycles. The molecular weight excluding hydrogens is 298 g/mol. The van der Waals surface area contributed by atoms with E-state index in [4.69, 9.17) is 0 Å². The zero-order valence-corrected chi connectivity index (χ0v) is 14.0. The second-order valence-corrected chi connectivity index (χ2v) is 5.74. The third kappa shape index (κ3) is 4.52. The third-order valence-electron chi connectivity index (χ3n) is 3.56. The summed E-state index contributed by atoms with van der Waals surface area (Å²) in [6, 6.07) is 16.2. The molecule has 0 radical (unpaired) electrons. The molecule has 3 aromatic rings. The van der Waals surface area contributed by atoms with Crippen LogP contribution in [0.5, 0.6) is 0 Å². The third-order valence-corrected chi connectivity index (χ3v) is 3.56. The molecule has 0 aliphatic heterocycles. The molecule has 0 fully saturated rings. The smallest absolute Gasteiger partial charge is 0.225 e. The predicted octanol–water partition coefficient (Wildman–Crippen LogP) is 3.71. The van der Waals surface area contributed by atoms with E-state index in [1.807, 2.05) is 31.2 Å². The Morgan fingerprint density at radius 2 is 1.79 bits per heavy atom. The van der Waals surface area contributed by atoms with Crippen LogP contribution in [0.25, 0.3) is 0 Å². The summed E-state index contributed by atoms with van der Waals surface area (Å²) in [5.74, 6) is 1.42. The largest absolute Gasteiger partial charge is 0.364 e. The Balaban J connectivity index is 1.65. The van der Waals surface area contributed by atoms with E-state index in [1.165, 1.54) is 11.1 Å². The van der Waals surface area contributed by atoms with Crippen molar-refractivity contribution in [2.75, 3.05) is 10.6 Å². The van der Waals surface area contributed by atoms with Crippen LogP contribution in [0, 0.1) is 13.8 Å². The lowest BCUT2D eigenvalue weighted by molar-refractivity contribution is 0.992. The van der Waals surface area contributed by atoms with Crippen molar-refractivity contribution in [3.63, 3.8) is 0 Å². The summed E-state index contributed by atoms with van der Waals surface area (Å²) < 4.78 is 0. The van der Waals surface area contributed by atoms with Crippen molar-refractivity contribution in [2.24, 2.45) is 0 Å². The predicted molar refractivity (Wildman–Crippen MR) is 96.8 cm³/mol. The quantitative estimate of drug-likeness (QED) is 0.725. The van der Waals surface area contributed by atoms with Crippen molar-refractivity contribution in [3.8, 4) is 0 Å². The summed E-state index contributed by atoms with van der Waals surface area (Å²) in [5.41, 5.74) is 4.35. The maximum atomic E-state index is 4.53. The number of benzene rings is 1. The monoisotopic (exact) mass is 319 g/mol. The van der Waals surface area contributed by atoms with Gasteiger partial charge in [-0.3, -0.25) is 4.98 Å². The lowest BCUT2D eigenvalue weighted by Gasteiger charge is -2.10. The zero-order chi connectivity index (χ0) is 16.8. The minimum absolute atomic E-state index is 0.625. The van der Waals surface area contributed by atoms with Gasteiger partial charge < -0.3 is 10.6 Å². The van der Waals surface area contributed by atoms with Gasteiger partial charge >= 0.3 is 0 Å². The Labute approximate surface area is 142 Å². The van der Waals surface area contributed by atoms with Crippen LogP contribution in [0.1, 0.15) is 22.5 Å². The standard InChI is InChI=1S/C19H21N5/c1-14-6-5-7-16(10-14)12-22-19-23-15(2)11-18(24-19)21-13-17-8-3-4-9-20-17/h3-11H,12-13H2,1-2H3,(H2,21,22,23,24). The van der Waals surface area contributed by atoms with E-state index >= 15 is 0 Å². The molecule has 0 aliphatic rings. The van der Waals surface area contributed by atoms with Gasteiger partial charge in [-0.2, -0.15) is 4.98 Å². The van der Waals surface area contributed by atoms with Crippen LogP contribution in [-0.2, 0) is 13.1 Å². The average Bonchev–Trinajstić information content (AvgIpc) is 2.59. The van der Waals surface area contributed by atoms with E-state index in [1.54, 1.807) is 6.20 Å². The summed E-state index contributed by atoms with van der Waals surface area (Å²) in [6.45, 7) is 5.39. The molecule has 5 heteroatoms. The first-order valence-corrected chi connectivity index (χ1v) is 7.98. The Morgan fingerprint density at radius 3 is 2.58 bits per heavy atom. The van der Waals surface area contributed by atoms with Gasteiger partial charge in [0.15, 0.2) is 0 Å². The lowest BCUT2D eigenvalue weighted by Crippen LogP contribution is -2.08. The molecule has 0 spiro atoms. The van der Waals surface area contributed by atoms with Crippen LogP contribution in [0.15, 0.2) is 54.7 Å². The molecular formula is C19H21N5. The van der Waals surface area contributed by atoms with Gasteiger partial charge in [-0.15, -0.1) is 0 Å². The summed E-state index contributed by atoms with van der Waals surface area (Å²) in [4.78, 5) is 13.3. The van der Waals surface area contributed by atoms with Gasteiger partial charge in [-0.1, -0.05) is 35.9 Å². The van der Waals surface area contributed by atoms with E-state index in [9.17, 15) is 0 Å². The fourth-order valence-corrected chi connectivity index (χ4v) is 2.43. The van der Waals surface area contributed by atoms with Crippen LogP contribution in [-0.4, -0.2) is 15.0 Å². The second-order valence-electron chi connectivity index (χ2n) is 5.74. The molecule has 0 aliphatic carbocycles. The Kier molecular flexibility index (Phi) is 5.01. The van der Waals surface area contributed by atoms with Gasteiger partial charge in [0.2, 0.25) is 5.95 Å². The molecule has 24 heavy (non-hydrogen) atoms. The number of pyridine rings is 1. The Bertz CT molecular complexity index is 802. The fraction of sp³-hybridized carbons (Fsp3) is 0.211. The van der Waals surface area contributed by atoms with Gasteiger partial charge in [0, 0.05) is 24.5 Å². The highest BCUT2D eigenvalue weighted by Crippen LogP contribution is 2.12. The number of aryl methyl sites for hydroxylation is 2. The molecule has 122 valence electrons. The molecule has 0 bridgehead atoms. The van der Waals surface area contributed by atoms with Crippen molar-refractivity contribution >= 4 is 11.8 Å². The molecule has 2 N–H and O–H groups in total. The van der Waals surface area contributed by atoms with Crippen molar-refractivity contribution in [3.05, 3.63) is 77.2 Å². The molecule has 2 heterocycles. The number of rotatable bonds is 6. The lowest BCUT2D eigenvalue weighted by atomic mass is 10.1. The molecule has 0 saturated heterocycles. The topological polar surface area (TPSA) is 62.7 Å². The average molecular weight is 319 g/mol. The number of hydrogen-bond donors (Lipinski definition) is 2. The molecule has 3 rings (SSSR count). The first-order chi connectivity index (χ1) is 11.7. The maximum Gasteiger partial charge on any atom is 0.225 e. The van der Waals surface area contributed by atoms with Crippen LogP contribution in [0.3, 0.4) is 0 Å². The summed E-state index contributed by atoms with van der Waals surface area (Å²) in [7, 11) is 0. The first-order valence-electron chi connectivity index (χ1n) is 7.98. The van der Waals surface area contributed by atoms with E-state index in [0.717, 1.165) is 17.2 Å². The highest BCUT2D eigenvalue weighted by Gasteiger charge is 2.03. The van der Waals surface area contributed by atoms with Gasteiger partial charge in [0.25, 0.3) is 0 Å². The number of anilines is 2. The normalized spacial score (nSPS) is 10.4. The van der Waals surface area contributed by atoms with E-state index in [2.05, 4.69) is 56.8 Å². The molecule has 0 atom stereocenters. The summed E-state index contributed by atoms with van der Waals surface area (Å²) in [5, 5.41) is 6.59. The molecule has 2 aromatic heterocycles. The van der Waals surface area contributed by atoms with Crippen LogP contribution < -0.4 is 10.6 Å². The van der Waals surface area contributed by atoms with Gasteiger partial charge in [0.05, 0.1) is 12.2 Å². The SMILES string of the molecule is Cc1cccc(CNc2nc(C)cc(NCc3ccccn3)n2)c1. The van der Waals surface area contributed by atoms with Crippen molar-refractivity contribution in [1.29, 1.82) is 0 Å². The van der Waals surface area contributed by atoms with Gasteiger partial charge in [-0.05, 0) is 31.5 Å². The highest BCUT2D eigenvalue weighted by molar-refractivity contribution is 5.42. The Hall–Kier alpha value is -2.95. The van der Waals surface area contributed by atoms with Crippen LogP contribution >= 0.6 is 0 Å². The Morgan fingerprint density at radius 1 is 0.875 bits per heavy atom. The number of hydrogen-bond acceptors (Lipinski definition) is 5. The minimum Gasteiger partial charge on any atom is -0.364 e. The van der Waals surface area contributed by atoms with E-state index < -0.39 is 0 Å². The summed E-state index contributed by atoms with van der Waals surface area (Å²) >= 11 is 0. The number of nitrogens with zero attached hydrogens (tertiary/aromatic N) is 3. The van der Waals surface area contributed by atoms with Crippen LogP contribution in [0.2, 0.25) is 0 Å². The minimum atomic E-state index is 0.625. The molecule has 5 nitrogen and oxygen atoms in total. The number of nitrogens with one attached hydrogen (secondary N) is 2. The zero-order valence-electron chi connectivity index (χ0n) is 14.0. The second kappa shape index (κ2) is 7.55. The van der Waals surface area contributed by atoms with Gasteiger partial charge in [-0.25, -0.2) is 4.98 Å². The highest BCUT2D eigenvalue weighted by atomic mass is 15.1. The molecule has 0 unspecified atom stereocenters. The van der Waals surface area contributed by atoms with Crippen molar-refractivity contribution < 1.29 is 0 Å². The van der Waals surface area contributed by atoms with E-state index in [0.29, 0.717) is 19.0 Å². The first kappa shape index (κ1) is 15.9. The molecule has 0 saturated carbocycles. The van der Waals surface area contributed by atoms with E-state index in [-0.39, 0.29) is 0 Å². The maximum absolute atomic E-state index is 4.53. The molecule has 0 amide bonds. The van der Waals surface area contributed by atoms with Gasteiger partial charge in [0.1, 0.15) is 5.82 Å². The number of aromatic nitrogens is 3.